The van der Waals surface area contributed by atoms with Crippen LogP contribution in [0.25, 0.3) is 0 Å². The standard InChI is InChI=1S/C12H18N4O/c13-12-9-2-4-17-7-10(9)15-11(16-12)5-8-1-3-14-6-8/h8,14H,1-7H2,(H2,13,15,16). The fourth-order valence-corrected chi connectivity index (χ4v) is 2.58. The second-order valence-electron chi connectivity index (χ2n) is 4.82. The minimum Gasteiger partial charge on any atom is -0.383 e. The molecule has 0 radical (unpaired) electrons. The van der Waals surface area contributed by atoms with E-state index in [-0.39, 0.29) is 0 Å². The van der Waals surface area contributed by atoms with E-state index < -0.39 is 0 Å². The lowest BCUT2D eigenvalue weighted by Gasteiger charge is -2.18. The van der Waals surface area contributed by atoms with Gasteiger partial charge in [0.25, 0.3) is 0 Å². The van der Waals surface area contributed by atoms with Crippen molar-refractivity contribution in [3.63, 3.8) is 0 Å². The molecule has 0 saturated carbocycles. The summed E-state index contributed by atoms with van der Waals surface area (Å²) in [6.45, 7) is 3.48. The number of rotatable bonds is 2. The van der Waals surface area contributed by atoms with Crippen LogP contribution in [-0.4, -0.2) is 29.7 Å². The van der Waals surface area contributed by atoms with E-state index in [2.05, 4.69) is 15.3 Å². The maximum Gasteiger partial charge on any atom is 0.131 e. The second-order valence-corrected chi connectivity index (χ2v) is 4.82. The lowest BCUT2D eigenvalue weighted by atomic mass is 10.0. The molecule has 3 rings (SSSR count). The average molecular weight is 234 g/mol. The van der Waals surface area contributed by atoms with Crippen molar-refractivity contribution in [2.75, 3.05) is 25.4 Å². The van der Waals surface area contributed by atoms with Crippen molar-refractivity contribution < 1.29 is 4.74 Å². The van der Waals surface area contributed by atoms with Crippen LogP contribution in [0, 0.1) is 5.92 Å². The molecule has 0 aromatic carbocycles. The molecule has 0 aliphatic carbocycles. The molecule has 1 unspecified atom stereocenters. The number of anilines is 1. The first-order valence-corrected chi connectivity index (χ1v) is 6.25. The number of nitrogens with two attached hydrogens (primary N) is 1. The van der Waals surface area contributed by atoms with Crippen LogP contribution in [0.2, 0.25) is 0 Å². The zero-order valence-corrected chi connectivity index (χ0v) is 9.91. The van der Waals surface area contributed by atoms with Gasteiger partial charge in [0.05, 0.1) is 18.9 Å². The molecule has 92 valence electrons. The van der Waals surface area contributed by atoms with E-state index in [1.165, 1.54) is 6.42 Å². The highest BCUT2D eigenvalue weighted by molar-refractivity contribution is 5.43. The lowest BCUT2D eigenvalue weighted by molar-refractivity contribution is 0.107. The SMILES string of the molecule is Nc1nc(CC2CCNC2)nc2c1CCOC2. The topological polar surface area (TPSA) is 73.1 Å². The summed E-state index contributed by atoms with van der Waals surface area (Å²) >= 11 is 0. The minimum atomic E-state index is 0.581. The van der Waals surface area contributed by atoms with Crippen LogP contribution in [0.3, 0.4) is 0 Å². The first-order chi connectivity index (χ1) is 8.33. The number of fused-ring (bicyclic) bond motifs is 1. The number of ether oxygens (including phenoxy) is 1. The van der Waals surface area contributed by atoms with Gasteiger partial charge in [-0.15, -0.1) is 0 Å². The third-order valence-corrected chi connectivity index (χ3v) is 3.54. The van der Waals surface area contributed by atoms with Gasteiger partial charge in [0.1, 0.15) is 11.6 Å². The Balaban J connectivity index is 1.82. The number of nitrogens with one attached hydrogen (secondary N) is 1. The Hall–Kier alpha value is -1.20. The minimum absolute atomic E-state index is 0.581. The smallest absolute Gasteiger partial charge is 0.131 e. The Kier molecular flexibility index (Phi) is 2.94. The predicted molar refractivity (Wildman–Crippen MR) is 64.5 cm³/mol. The van der Waals surface area contributed by atoms with Gasteiger partial charge in [0.2, 0.25) is 0 Å². The summed E-state index contributed by atoms with van der Waals surface area (Å²) in [7, 11) is 0. The third kappa shape index (κ3) is 2.25. The first kappa shape index (κ1) is 10.9. The largest absolute Gasteiger partial charge is 0.383 e. The van der Waals surface area contributed by atoms with Crippen LogP contribution in [0.15, 0.2) is 0 Å². The van der Waals surface area contributed by atoms with Gasteiger partial charge in [0.15, 0.2) is 0 Å². The Labute approximate surface area is 101 Å². The van der Waals surface area contributed by atoms with Crippen molar-refractivity contribution in [1.29, 1.82) is 0 Å². The summed E-state index contributed by atoms with van der Waals surface area (Å²) < 4.78 is 5.42. The highest BCUT2D eigenvalue weighted by Crippen LogP contribution is 2.21. The van der Waals surface area contributed by atoms with Crippen molar-refractivity contribution in [3.05, 3.63) is 17.1 Å². The zero-order chi connectivity index (χ0) is 11.7. The number of hydrogen-bond donors (Lipinski definition) is 2. The van der Waals surface area contributed by atoms with E-state index >= 15 is 0 Å². The Morgan fingerprint density at radius 2 is 2.35 bits per heavy atom. The molecule has 5 heteroatoms. The van der Waals surface area contributed by atoms with Crippen LogP contribution in [-0.2, 0) is 24.2 Å². The summed E-state index contributed by atoms with van der Waals surface area (Å²) in [5.41, 5.74) is 8.07. The monoisotopic (exact) mass is 234 g/mol. The first-order valence-electron chi connectivity index (χ1n) is 6.25. The summed E-state index contributed by atoms with van der Waals surface area (Å²) in [5, 5.41) is 3.36. The summed E-state index contributed by atoms with van der Waals surface area (Å²) in [4.78, 5) is 9.03. The van der Waals surface area contributed by atoms with Gasteiger partial charge in [0, 0.05) is 18.4 Å². The average Bonchev–Trinajstić information content (AvgIpc) is 2.82. The molecule has 0 spiro atoms. The molecule has 5 nitrogen and oxygen atoms in total. The molecule has 1 aromatic rings. The lowest BCUT2D eigenvalue weighted by Crippen LogP contribution is -2.19. The number of nitrogens with zero attached hydrogens (tertiary/aromatic N) is 2. The van der Waals surface area contributed by atoms with E-state index in [1.807, 2.05) is 0 Å². The summed E-state index contributed by atoms with van der Waals surface area (Å²) in [5.74, 6) is 2.18. The van der Waals surface area contributed by atoms with Crippen molar-refractivity contribution in [3.8, 4) is 0 Å². The molecule has 0 bridgehead atoms. The fraction of sp³-hybridized carbons (Fsp3) is 0.667. The van der Waals surface area contributed by atoms with Gasteiger partial charge < -0.3 is 15.8 Å². The molecule has 1 fully saturated rings. The predicted octanol–water partition coefficient (Wildman–Crippen LogP) is 0.283. The van der Waals surface area contributed by atoms with Crippen molar-refractivity contribution in [1.82, 2.24) is 15.3 Å². The summed E-state index contributed by atoms with van der Waals surface area (Å²) in [6.07, 6.45) is 2.97. The summed E-state index contributed by atoms with van der Waals surface area (Å²) in [6, 6.07) is 0. The van der Waals surface area contributed by atoms with E-state index in [0.717, 1.165) is 49.6 Å². The number of nitrogen functional groups attached to an aromatic ring is 1. The second kappa shape index (κ2) is 4.58. The highest BCUT2D eigenvalue weighted by atomic mass is 16.5. The van der Waals surface area contributed by atoms with E-state index in [4.69, 9.17) is 10.5 Å². The van der Waals surface area contributed by atoms with Crippen molar-refractivity contribution >= 4 is 5.82 Å². The molecule has 2 aliphatic heterocycles. The normalized spacial score (nSPS) is 23.6. The van der Waals surface area contributed by atoms with Gasteiger partial charge >= 0.3 is 0 Å². The highest BCUT2D eigenvalue weighted by Gasteiger charge is 2.20. The van der Waals surface area contributed by atoms with Crippen LogP contribution in [0.5, 0.6) is 0 Å². The number of hydrogen-bond acceptors (Lipinski definition) is 5. The molecule has 17 heavy (non-hydrogen) atoms. The molecule has 2 aliphatic rings. The van der Waals surface area contributed by atoms with Gasteiger partial charge in [-0.2, -0.15) is 0 Å². The Morgan fingerprint density at radius 1 is 1.41 bits per heavy atom. The van der Waals surface area contributed by atoms with Crippen molar-refractivity contribution in [2.45, 2.75) is 25.9 Å². The fourth-order valence-electron chi connectivity index (χ4n) is 2.58. The van der Waals surface area contributed by atoms with Crippen LogP contribution in [0.1, 0.15) is 23.5 Å². The van der Waals surface area contributed by atoms with E-state index in [9.17, 15) is 0 Å². The van der Waals surface area contributed by atoms with Crippen LogP contribution >= 0.6 is 0 Å². The van der Waals surface area contributed by atoms with Crippen LogP contribution in [0.4, 0.5) is 5.82 Å². The molecular weight excluding hydrogens is 216 g/mol. The molecule has 3 N–H and O–H groups in total. The molecule has 1 saturated heterocycles. The maximum atomic E-state index is 5.99. The molecule has 1 atom stereocenters. The molecule has 0 amide bonds. The maximum absolute atomic E-state index is 5.99. The Bertz CT molecular complexity index is 415. The van der Waals surface area contributed by atoms with Crippen LogP contribution < -0.4 is 11.1 Å². The molecule has 3 heterocycles. The van der Waals surface area contributed by atoms with E-state index in [1.54, 1.807) is 0 Å². The Morgan fingerprint density at radius 3 is 3.18 bits per heavy atom. The van der Waals surface area contributed by atoms with Crippen molar-refractivity contribution in [2.24, 2.45) is 5.92 Å². The van der Waals surface area contributed by atoms with Gasteiger partial charge in [-0.3, -0.25) is 0 Å². The number of aromatic nitrogens is 2. The molecular formula is C12H18N4O. The zero-order valence-electron chi connectivity index (χ0n) is 9.91. The quantitative estimate of drug-likeness (QED) is 0.769. The van der Waals surface area contributed by atoms with E-state index in [0.29, 0.717) is 18.3 Å². The third-order valence-electron chi connectivity index (χ3n) is 3.54. The van der Waals surface area contributed by atoms with Gasteiger partial charge in [-0.1, -0.05) is 0 Å². The molecule has 1 aromatic heterocycles. The van der Waals surface area contributed by atoms with Gasteiger partial charge in [-0.05, 0) is 25.4 Å². The van der Waals surface area contributed by atoms with Gasteiger partial charge in [-0.25, -0.2) is 9.97 Å².